The van der Waals surface area contributed by atoms with Gasteiger partial charge in [-0.1, -0.05) is 19.9 Å². The third kappa shape index (κ3) is 3.89. The van der Waals surface area contributed by atoms with Crippen LogP contribution < -0.4 is 15.4 Å². The molecule has 2 N–H and O–H groups in total. The molecule has 1 unspecified atom stereocenters. The van der Waals surface area contributed by atoms with Crippen molar-refractivity contribution in [1.82, 2.24) is 5.32 Å². The SMILES string of the molecule is CC(C)C(C)NC(=O)COc1ccc2c(c1)NCCC2. The Labute approximate surface area is 120 Å². The van der Waals surface area contributed by atoms with Gasteiger partial charge in [-0.3, -0.25) is 4.79 Å². The average molecular weight is 276 g/mol. The zero-order chi connectivity index (χ0) is 14.5. The number of anilines is 1. The highest BCUT2D eigenvalue weighted by atomic mass is 16.5. The molecule has 1 atom stereocenters. The Hall–Kier alpha value is -1.71. The molecule has 1 amide bonds. The maximum absolute atomic E-state index is 11.8. The second-order valence-corrected chi connectivity index (χ2v) is 5.74. The molecule has 0 bridgehead atoms. The largest absolute Gasteiger partial charge is 0.484 e. The standard InChI is InChI=1S/C16H24N2O2/c1-11(2)12(3)18-16(19)10-20-14-7-6-13-5-4-8-17-15(13)9-14/h6-7,9,11-12,17H,4-5,8,10H2,1-3H3,(H,18,19). The van der Waals surface area contributed by atoms with Gasteiger partial charge in [0.15, 0.2) is 6.61 Å². The zero-order valence-corrected chi connectivity index (χ0v) is 12.5. The molecule has 4 heteroatoms. The Bertz CT molecular complexity index is 472. The maximum atomic E-state index is 11.8. The molecule has 0 aliphatic carbocycles. The zero-order valence-electron chi connectivity index (χ0n) is 12.5. The van der Waals surface area contributed by atoms with E-state index in [0.717, 1.165) is 24.4 Å². The maximum Gasteiger partial charge on any atom is 0.258 e. The molecular formula is C16H24N2O2. The summed E-state index contributed by atoms with van der Waals surface area (Å²) in [5.41, 5.74) is 2.45. The van der Waals surface area contributed by atoms with E-state index in [-0.39, 0.29) is 18.6 Å². The number of nitrogens with one attached hydrogen (secondary N) is 2. The molecule has 1 aromatic carbocycles. The van der Waals surface area contributed by atoms with Crippen LogP contribution in [0.5, 0.6) is 5.75 Å². The molecule has 1 aliphatic heterocycles. The molecule has 20 heavy (non-hydrogen) atoms. The number of rotatable bonds is 5. The van der Waals surface area contributed by atoms with Crippen LogP contribution in [0.2, 0.25) is 0 Å². The van der Waals surface area contributed by atoms with Gasteiger partial charge in [0, 0.05) is 24.3 Å². The van der Waals surface area contributed by atoms with E-state index in [1.807, 2.05) is 19.1 Å². The third-order valence-corrected chi connectivity index (χ3v) is 3.78. The minimum absolute atomic E-state index is 0.0653. The van der Waals surface area contributed by atoms with Gasteiger partial charge in [-0.15, -0.1) is 0 Å². The van der Waals surface area contributed by atoms with Crippen molar-refractivity contribution in [2.24, 2.45) is 5.92 Å². The van der Waals surface area contributed by atoms with Crippen LogP contribution in [0, 0.1) is 5.92 Å². The van der Waals surface area contributed by atoms with Crippen LogP contribution in [0.25, 0.3) is 0 Å². The van der Waals surface area contributed by atoms with Crippen molar-refractivity contribution in [2.75, 3.05) is 18.5 Å². The van der Waals surface area contributed by atoms with Gasteiger partial charge in [-0.05, 0) is 37.3 Å². The summed E-state index contributed by atoms with van der Waals surface area (Å²) in [6.07, 6.45) is 2.28. The number of fused-ring (bicyclic) bond motifs is 1. The normalized spacial score (nSPS) is 15.2. The van der Waals surface area contributed by atoms with E-state index < -0.39 is 0 Å². The quantitative estimate of drug-likeness (QED) is 0.869. The summed E-state index contributed by atoms with van der Waals surface area (Å²) in [6.45, 7) is 7.24. The first-order valence-electron chi connectivity index (χ1n) is 7.35. The summed E-state index contributed by atoms with van der Waals surface area (Å²) >= 11 is 0. The van der Waals surface area contributed by atoms with Gasteiger partial charge in [0.05, 0.1) is 0 Å². The molecule has 110 valence electrons. The molecule has 0 aromatic heterocycles. The number of amides is 1. The number of hydrogen-bond acceptors (Lipinski definition) is 3. The predicted molar refractivity (Wildman–Crippen MR) is 81.2 cm³/mol. The van der Waals surface area contributed by atoms with Crippen LogP contribution in [0.4, 0.5) is 5.69 Å². The van der Waals surface area contributed by atoms with Gasteiger partial charge < -0.3 is 15.4 Å². The van der Waals surface area contributed by atoms with Crippen LogP contribution in [0.3, 0.4) is 0 Å². The van der Waals surface area contributed by atoms with Crippen LogP contribution >= 0.6 is 0 Å². The molecule has 0 radical (unpaired) electrons. The highest BCUT2D eigenvalue weighted by Gasteiger charge is 2.12. The molecule has 1 heterocycles. The number of benzene rings is 1. The van der Waals surface area contributed by atoms with Gasteiger partial charge in [0.1, 0.15) is 5.75 Å². The van der Waals surface area contributed by atoms with Crippen molar-refractivity contribution >= 4 is 11.6 Å². The predicted octanol–water partition coefficient (Wildman–Crippen LogP) is 2.58. The number of ether oxygens (including phenoxy) is 1. The molecule has 0 saturated heterocycles. The van der Waals surface area contributed by atoms with Crippen LogP contribution in [-0.4, -0.2) is 25.1 Å². The Balaban J connectivity index is 1.86. The summed E-state index contributed by atoms with van der Waals surface area (Å²) < 4.78 is 5.56. The Kier molecular flexibility index (Phi) is 4.88. The van der Waals surface area contributed by atoms with Crippen molar-refractivity contribution < 1.29 is 9.53 Å². The molecule has 2 rings (SSSR count). The van der Waals surface area contributed by atoms with E-state index in [1.54, 1.807) is 0 Å². The van der Waals surface area contributed by atoms with Gasteiger partial charge in [0.2, 0.25) is 0 Å². The van der Waals surface area contributed by atoms with Crippen molar-refractivity contribution in [1.29, 1.82) is 0 Å². The molecule has 0 saturated carbocycles. The molecular weight excluding hydrogens is 252 g/mol. The van der Waals surface area contributed by atoms with Crippen LogP contribution in [-0.2, 0) is 11.2 Å². The Morgan fingerprint density at radius 2 is 2.20 bits per heavy atom. The van der Waals surface area contributed by atoms with E-state index in [2.05, 4.69) is 30.5 Å². The Morgan fingerprint density at radius 1 is 1.40 bits per heavy atom. The summed E-state index contributed by atoms with van der Waals surface area (Å²) in [5, 5.41) is 6.29. The fraction of sp³-hybridized carbons (Fsp3) is 0.562. The lowest BCUT2D eigenvalue weighted by Gasteiger charge is -2.19. The fourth-order valence-corrected chi connectivity index (χ4v) is 2.14. The average Bonchev–Trinajstić information content (AvgIpc) is 2.44. The second-order valence-electron chi connectivity index (χ2n) is 5.74. The van der Waals surface area contributed by atoms with Crippen LogP contribution in [0.1, 0.15) is 32.8 Å². The lowest BCUT2D eigenvalue weighted by Crippen LogP contribution is -2.38. The fourth-order valence-electron chi connectivity index (χ4n) is 2.14. The molecule has 1 aromatic rings. The highest BCUT2D eigenvalue weighted by molar-refractivity contribution is 5.77. The van der Waals surface area contributed by atoms with Gasteiger partial charge in [0.25, 0.3) is 5.91 Å². The number of aryl methyl sites for hydroxylation is 1. The highest BCUT2D eigenvalue weighted by Crippen LogP contribution is 2.26. The van der Waals surface area contributed by atoms with E-state index in [9.17, 15) is 4.79 Å². The molecule has 0 fully saturated rings. The van der Waals surface area contributed by atoms with Gasteiger partial charge >= 0.3 is 0 Å². The number of carbonyl (C=O) groups excluding carboxylic acids is 1. The van der Waals surface area contributed by atoms with Crippen molar-refractivity contribution in [2.45, 2.75) is 39.7 Å². The summed E-state index contributed by atoms with van der Waals surface area (Å²) in [4.78, 5) is 11.8. The number of hydrogen-bond donors (Lipinski definition) is 2. The van der Waals surface area contributed by atoms with E-state index in [4.69, 9.17) is 4.74 Å². The van der Waals surface area contributed by atoms with E-state index in [0.29, 0.717) is 5.92 Å². The minimum Gasteiger partial charge on any atom is -0.484 e. The van der Waals surface area contributed by atoms with Crippen molar-refractivity contribution in [3.63, 3.8) is 0 Å². The minimum atomic E-state index is -0.0723. The first-order chi connectivity index (χ1) is 9.56. The van der Waals surface area contributed by atoms with E-state index >= 15 is 0 Å². The first kappa shape index (κ1) is 14.7. The lowest BCUT2D eigenvalue weighted by molar-refractivity contribution is -0.124. The smallest absolute Gasteiger partial charge is 0.258 e. The molecule has 0 spiro atoms. The third-order valence-electron chi connectivity index (χ3n) is 3.78. The summed E-state index contributed by atoms with van der Waals surface area (Å²) in [5.74, 6) is 1.09. The first-order valence-corrected chi connectivity index (χ1v) is 7.35. The summed E-state index contributed by atoms with van der Waals surface area (Å²) in [6, 6.07) is 6.15. The van der Waals surface area contributed by atoms with Gasteiger partial charge in [-0.2, -0.15) is 0 Å². The van der Waals surface area contributed by atoms with Gasteiger partial charge in [-0.25, -0.2) is 0 Å². The lowest BCUT2D eigenvalue weighted by atomic mass is 10.0. The topological polar surface area (TPSA) is 50.4 Å². The van der Waals surface area contributed by atoms with E-state index in [1.165, 1.54) is 12.0 Å². The van der Waals surface area contributed by atoms with Crippen LogP contribution in [0.15, 0.2) is 18.2 Å². The molecule has 4 nitrogen and oxygen atoms in total. The van der Waals surface area contributed by atoms with Crippen molar-refractivity contribution in [3.8, 4) is 5.75 Å². The monoisotopic (exact) mass is 276 g/mol. The Morgan fingerprint density at radius 3 is 2.95 bits per heavy atom. The summed E-state index contributed by atoms with van der Waals surface area (Å²) in [7, 11) is 0. The molecule has 1 aliphatic rings. The van der Waals surface area contributed by atoms with Crippen molar-refractivity contribution in [3.05, 3.63) is 23.8 Å². The number of carbonyl (C=O) groups is 1. The second kappa shape index (κ2) is 6.64.